The van der Waals surface area contributed by atoms with Gasteiger partial charge in [-0.05, 0) is 42.3 Å². The SMILES string of the molecule is O=C(NCCCO)c1cccc(N(Cc2ccccc2)S(=O)(=O)c2ccccc2)c1. The minimum Gasteiger partial charge on any atom is -0.396 e. The third-order valence-corrected chi connectivity index (χ3v) is 6.31. The van der Waals surface area contributed by atoms with E-state index in [0.717, 1.165) is 5.56 Å². The predicted octanol–water partition coefficient (Wildman–Crippen LogP) is 3.19. The maximum absolute atomic E-state index is 13.4. The van der Waals surface area contributed by atoms with E-state index in [9.17, 15) is 13.2 Å². The topological polar surface area (TPSA) is 86.7 Å². The van der Waals surface area contributed by atoms with Gasteiger partial charge in [-0.3, -0.25) is 9.10 Å². The van der Waals surface area contributed by atoms with Crippen molar-refractivity contribution >= 4 is 21.6 Å². The quantitative estimate of drug-likeness (QED) is 0.517. The number of anilines is 1. The molecule has 30 heavy (non-hydrogen) atoms. The molecule has 0 aliphatic heterocycles. The fraction of sp³-hybridized carbons (Fsp3) is 0.174. The number of amides is 1. The lowest BCUT2D eigenvalue weighted by Crippen LogP contribution is -2.31. The van der Waals surface area contributed by atoms with Crippen molar-refractivity contribution in [2.24, 2.45) is 0 Å². The molecule has 7 heteroatoms. The Kier molecular flexibility index (Phi) is 7.21. The molecule has 1 amide bonds. The Hall–Kier alpha value is -3.16. The highest BCUT2D eigenvalue weighted by molar-refractivity contribution is 7.92. The molecule has 0 atom stereocenters. The first-order chi connectivity index (χ1) is 14.5. The lowest BCUT2D eigenvalue weighted by molar-refractivity contribution is 0.0951. The van der Waals surface area contributed by atoms with E-state index in [0.29, 0.717) is 24.2 Å². The molecular formula is C23H24N2O4S. The second kappa shape index (κ2) is 10.0. The van der Waals surface area contributed by atoms with Crippen molar-refractivity contribution in [1.29, 1.82) is 0 Å². The largest absolute Gasteiger partial charge is 0.396 e. The van der Waals surface area contributed by atoms with Gasteiger partial charge in [0.15, 0.2) is 0 Å². The second-order valence-corrected chi connectivity index (χ2v) is 8.56. The molecule has 0 radical (unpaired) electrons. The number of sulfonamides is 1. The second-order valence-electron chi connectivity index (χ2n) is 6.69. The predicted molar refractivity (Wildman–Crippen MR) is 117 cm³/mol. The van der Waals surface area contributed by atoms with E-state index >= 15 is 0 Å². The highest BCUT2D eigenvalue weighted by Crippen LogP contribution is 2.26. The van der Waals surface area contributed by atoms with E-state index in [4.69, 9.17) is 5.11 Å². The van der Waals surface area contributed by atoms with Crippen molar-refractivity contribution in [2.45, 2.75) is 17.9 Å². The summed E-state index contributed by atoms with van der Waals surface area (Å²) in [5.41, 5.74) is 1.58. The molecule has 3 rings (SSSR count). The molecular weight excluding hydrogens is 400 g/mol. The molecule has 0 saturated carbocycles. The first-order valence-corrected chi connectivity index (χ1v) is 11.1. The number of aliphatic hydroxyl groups excluding tert-OH is 1. The van der Waals surface area contributed by atoms with Gasteiger partial charge in [-0.25, -0.2) is 8.42 Å². The summed E-state index contributed by atoms with van der Waals surface area (Å²) >= 11 is 0. The number of hydrogen-bond donors (Lipinski definition) is 2. The number of hydrogen-bond acceptors (Lipinski definition) is 4. The molecule has 0 aliphatic rings. The number of benzene rings is 3. The van der Waals surface area contributed by atoms with Crippen LogP contribution in [0.2, 0.25) is 0 Å². The van der Waals surface area contributed by atoms with Gasteiger partial charge in [-0.1, -0.05) is 54.6 Å². The van der Waals surface area contributed by atoms with Crippen LogP contribution in [0.25, 0.3) is 0 Å². The molecule has 0 unspecified atom stereocenters. The molecule has 0 heterocycles. The zero-order valence-electron chi connectivity index (χ0n) is 16.4. The van der Waals surface area contributed by atoms with E-state index in [1.165, 1.54) is 4.31 Å². The number of carbonyl (C=O) groups excluding carboxylic acids is 1. The summed E-state index contributed by atoms with van der Waals surface area (Å²) in [5, 5.41) is 11.6. The van der Waals surface area contributed by atoms with Crippen LogP contribution >= 0.6 is 0 Å². The molecule has 156 valence electrons. The van der Waals surface area contributed by atoms with Crippen LogP contribution in [-0.4, -0.2) is 32.6 Å². The van der Waals surface area contributed by atoms with Crippen LogP contribution in [0.3, 0.4) is 0 Å². The molecule has 0 bridgehead atoms. The summed E-state index contributed by atoms with van der Waals surface area (Å²) in [5.74, 6) is -0.318. The Morgan fingerprint density at radius 1 is 0.900 bits per heavy atom. The Bertz CT molecular complexity index is 1070. The smallest absolute Gasteiger partial charge is 0.264 e. The van der Waals surface area contributed by atoms with Crippen LogP contribution in [-0.2, 0) is 16.6 Å². The molecule has 0 saturated heterocycles. The fourth-order valence-electron chi connectivity index (χ4n) is 2.97. The van der Waals surface area contributed by atoms with Gasteiger partial charge in [0, 0.05) is 18.7 Å². The monoisotopic (exact) mass is 424 g/mol. The Balaban J connectivity index is 1.98. The van der Waals surface area contributed by atoms with Gasteiger partial charge in [0.05, 0.1) is 17.1 Å². The summed E-state index contributed by atoms with van der Waals surface area (Å²) in [6.07, 6.45) is 0.452. The first kappa shape index (κ1) is 21.5. The lowest BCUT2D eigenvalue weighted by Gasteiger charge is -2.25. The first-order valence-electron chi connectivity index (χ1n) is 9.63. The fourth-order valence-corrected chi connectivity index (χ4v) is 4.43. The maximum Gasteiger partial charge on any atom is 0.264 e. The van der Waals surface area contributed by atoms with Crippen molar-refractivity contribution in [3.05, 3.63) is 96.1 Å². The van der Waals surface area contributed by atoms with Crippen LogP contribution in [0.15, 0.2) is 89.8 Å². The van der Waals surface area contributed by atoms with Gasteiger partial charge in [0.25, 0.3) is 15.9 Å². The van der Waals surface area contributed by atoms with Crippen molar-refractivity contribution in [3.8, 4) is 0 Å². The summed E-state index contributed by atoms with van der Waals surface area (Å²) in [4.78, 5) is 12.6. The Morgan fingerprint density at radius 2 is 1.57 bits per heavy atom. The summed E-state index contributed by atoms with van der Waals surface area (Å²) in [6, 6.07) is 24.1. The molecule has 0 aromatic heterocycles. The van der Waals surface area contributed by atoms with Crippen LogP contribution in [0, 0.1) is 0 Å². The van der Waals surface area contributed by atoms with Crippen molar-refractivity contribution < 1.29 is 18.3 Å². The number of aliphatic hydroxyl groups is 1. The molecule has 2 N–H and O–H groups in total. The molecule has 3 aromatic rings. The van der Waals surface area contributed by atoms with E-state index in [2.05, 4.69) is 5.32 Å². The molecule has 0 fully saturated rings. The molecule has 0 spiro atoms. The standard InChI is InChI=1S/C23H24N2O4S/c26-16-8-15-24-23(27)20-11-7-12-21(17-20)25(18-19-9-3-1-4-10-19)30(28,29)22-13-5-2-6-14-22/h1-7,9-14,17,26H,8,15-16,18H2,(H,24,27). The van der Waals surface area contributed by atoms with Crippen molar-refractivity contribution in [1.82, 2.24) is 5.32 Å². The highest BCUT2D eigenvalue weighted by atomic mass is 32.2. The third-order valence-electron chi connectivity index (χ3n) is 4.52. The number of rotatable bonds is 9. The van der Waals surface area contributed by atoms with Crippen LogP contribution in [0.5, 0.6) is 0 Å². The summed E-state index contributed by atoms with van der Waals surface area (Å²) < 4.78 is 28.2. The Labute approximate surface area is 176 Å². The lowest BCUT2D eigenvalue weighted by atomic mass is 10.1. The number of carbonyl (C=O) groups is 1. The number of nitrogens with one attached hydrogen (secondary N) is 1. The van der Waals surface area contributed by atoms with Crippen molar-refractivity contribution in [2.75, 3.05) is 17.5 Å². The third kappa shape index (κ3) is 5.25. The zero-order chi connectivity index (χ0) is 21.4. The van der Waals surface area contributed by atoms with Gasteiger partial charge < -0.3 is 10.4 Å². The molecule has 3 aromatic carbocycles. The summed E-state index contributed by atoms with van der Waals surface area (Å²) in [7, 11) is -3.85. The maximum atomic E-state index is 13.4. The van der Waals surface area contributed by atoms with Crippen LogP contribution in [0.1, 0.15) is 22.3 Å². The van der Waals surface area contributed by atoms with Crippen LogP contribution in [0.4, 0.5) is 5.69 Å². The van der Waals surface area contributed by atoms with E-state index in [1.54, 1.807) is 54.6 Å². The van der Waals surface area contributed by atoms with Crippen molar-refractivity contribution in [3.63, 3.8) is 0 Å². The van der Waals surface area contributed by atoms with E-state index < -0.39 is 10.0 Å². The van der Waals surface area contributed by atoms with Gasteiger partial charge >= 0.3 is 0 Å². The highest BCUT2D eigenvalue weighted by Gasteiger charge is 2.25. The molecule has 0 aliphatic carbocycles. The van der Waals surface area contributed by atoms with Gasteiger partial charge in [-0.2, -0.15) is 0 Å². The molecule has 6 nitrogen and oxygen atoms in total. The van der Waals surface area contributed by atoms with E-state index in [-0.39, 0.29) is 24.0 Å². The average molecular weight is 425 g/mol. The normalized spacial score (nSPS) is 11.1. The average Bonchev–Trinajstić information content (AvgIpc) is 2.79. The minimum atomic E-state index is -3.85. The zero-order valence-corrected chi connectivity index (χ0v) is 17.3. The van der Waals surface area contributed by atoms with Gasteiger partial charge in [-0.15, -0.1) is 0 Å². The Morgan fingerprint density at radius 3 is 2.23 bits per heavy atom. The van der Waals surface area contributed by atoms with Gasteiger partial charge in [0.2, 0.25) is 0 Å². The minimum absolute atomic E-state index is 0.0134. The van der Waals surface area contributed by atoms with Gasteiger partial charge in [0.1, 0.15) is 0 Å². The number of nitrogens with zero attached hydrogens (tertiary/aromatic N) is 1. The van der Waals surface area contributed by atoms with Crippen LogP contribution < -0.4 is 9.62 Å². The summed E-state index contributed by atoms with van der Waals surface area (Å²) in [6.45, 7) is 0.462. The van der Waals surface area contributed by atoms with E-state index in [1.807, 2.05) is 30.3 Å².